The van der Waals surface area contributed by atoms with Gasteiger partial charge >= 0.3 is 5.97 Å². The first-order valence-electron chi connectivity index (χ1n) is 7.16. The molecular weight excluding hydrogens is 270 g/mol. The normalized spacial score (nSPS) is 23.7. The van der Waals surface area contributed by atoms with Crippen LogP contribution in [0.5, 0.6) is 0 Å². The second kappa shape index (κ2) is 6.64. The van der Waals surface area contributed by atoms with Crippen molar-refractivity contribution in [1.29, 1.82) is 0 Å². The van der Waals surface area contributed by atoms with Gasteiger partial charge in [-0.2, -0.15) is 11.8 Å². The average molecular weight is 293 g/mol. The van der Waals surface area contributed by atoms with E-state index in [-0.39, 0.29) is 0 Å². The second-order valence-electron chi connectivity index (χ2n) is 5.81. The molecule has 2 unspecified atom stereocenters. The largest absolute Gasteiger partial charge is 0.481 e. The van der Waals surface area contributed by atoms with Crippen LogP contribution in [0.4, 0.5) is 0 Å². The zero-order chi connectivity index (χ0) is 14.6. The molecule has 0 amide bonds. The van der Waals surface area contributed by atoms with E-state index in [1.54, 1.807) is 6.92 Å². The van der Waals surface area contributed by atoms with Crippen molar-refractivity contribution in [3.8, 4) is 0 Å². The maximum Gasteiger partial charge on any atom is 0.310 e. The van der Waals surface area contributed by atoms with E-state index < -0.39 is 11.9 Å². The molecule has 4 heteroatoms. The number of carboxylic acids is 1. The quantitative estimate of drug-likeness (QED) is 0.845. The molecule has 2 N–H and O–H groups in total. The Bertz CT molecular complexity index is 452. The molecule has 1 fully saturated rings. The van der Waals surface area contributed by atoms with E-state index in [0.29, 0.717) is 4.75 Å². The highest BCUT2D eigenvalue weighted by Gasteiger charge is 2.28. The molecule has 1 saturated heterocycles. The van der Waals surface area contributed by atoms with E-state index in [1.165, 1.54) is 24.2 Å². The van der Waals surface area contributed by atoms with E-state index in [1.807, 2.05) is 24.3 Å². The van der Waals surface area contributed by atoms with Crippen LogP contribution in [0.2, 0.25) is 0 Å². The van der Waals surface area contributed by atoms with Crippen LogP contribution in [-0.2, 0) is 11.3 Å². The Morgan fingerprint density at radius 3 is 2.70 bits per heavy atom. The second-order valence-corrected chi connectivity index (χ2v) is 7.49. The molecule has 2 rings (SSSR count). The highest BCUT2D eigenvalue weighted by atomic mass is 32.2. The summed E-state index contributed by atoms with van der Waals surface area (Å²) in [6, 6.07) is 7.88. The molecule has 0 aromatic heterocycles. The van der Waals surface area contributed by atoms with Crippen LogP contribution in [0.3, 0.4) is 0 Å². The van der Waals surface area contributed by atoms with Crippen molar-refractivity contribution < 1.29 is 9.90 Å². The Balaban J connectivity index is 1.83. The van der Waals surface area contributed by atoms with Crippen molar-refractivity contribution in [3.63, 3.8) is 0 Å². The Labute approximate surface area is 125 Å². The smallest absolute Gasteiger partial charge is 0.310 e. The third-order valence-corrected chi connectivity index (χ3v) is 5.52. The van der Waals surface area contributed by atoms with Crippen molar-refractivity contribution >= 4 is 17.7 Å². The first kappa shape index (κ1) is 15.4. The zero-order valence-electron chi connectivity index (χ0n) is 12.2. The van der Waals surface area contributed by atoms with Gasteiger partial charge in [-0.3, -0.25) is 4.79 Å². The van der Waals surface area contributed by atoms with E-state index in [2.05, 4.69) is 24.0 Å². The lowest BCUT2D eigenvalue weighted by atomic mass is 10.00. The third-order valence-electron chi connectivity index (χ3n) is 3.98. The fourth-order valence-electron chi connectivity index (χ4n) is 2.51. The number of rotatable bonds is 6. The van der Waals surface area contributed by atoms with Gasteiger partial charge in [0.25, 0.3) is 0 Å². The summed E-state index contributed by atoms with van der Waals surface area (Å²) in [4.78, 5) is 10.9. The van der Waals surface area contributed by atoms with Crippen LogP contribution in [-0.4, -0.2) is 28.1 Å². The minimum atomic E-state index is -0.776. The van der Waals surface area contributed by atoms with Crippen LogP contribution < -0.4 is 5.32 Å². The summed E-state index contributed by atoms with van der Waals surface area (Å²) in [7, 11) is 0. The van der Waals surface area contributed by atoms with Gasteiger partial charge in [0.05, 0.1) is 5.92 Å². The number of carboxylic acid groups (broad SMARTS) is 1. The van der Waals surface area contributed by atoms with Crippen molar-refractivity contribution in [1.82, 2.24) is 5.32 Å². The summed E-state index contributed by atoms with van der Waals surface area (Å²) in [5.41, 5.74) is 2.07. The number of benzene rings is 1. The summed E-state index contributed by atoms with van der Waals surface area (Å²) in [5.74, 6) is 0.0628. The molecule has 0 radical (unpaired) electrons. The highest BCUT2D eigenvalue weighted by Crippen LogP contribution is 2.36. The maximum atomic E-state index is 10.9. The van der Waals surface area contributed by atoms with Crippen molar-refractivity contribution in [3.05, 3.63) is 35.4 Å². The summed E-state index contributed by atoms with van der Waals surface area (Å²) < 4.78 is 0.387. The van der Waals surface area contributed by atoms with Gasteiger partial charge in [0.2, 0.25) is 0 Å². The Morgan fingerprint density at radius 2 is 2.15 bits per heavy atom. The first-order valence-corrected chi connectivity index (χ1v) is 8.15. The molecule has 1 aliphatic heterocycles. The summed E-state index contributed by atoms with van der Waals surface area (Å²) in [6.45, 7) is 5.92. The van der Waals surface area contributed by atoms with Gasteiger partial charge in [0.15, 0.2) is 0 Å². The molecule has 0 bridgehead atoms. The minimum Gasteiger partial charge on any atom is -0.481 e. The van der Waals surface area contributed by atoms with Crippen LogP contribution in [0, 0.1) is 0 Å². The van der Waals surface area contributed by atoms with Gasteiger partial charge in [0.1, 0.15) is 0 Å². The number of hydrogen-bond donors (Lipinski definition) is 2. The fraction of sp³-hybridized carbons (Fsp3) is 0.562. The first-order chi connectivity index (χ1) is 9.50. The van der Waals surface area contributed by atoms with Crippen molar-refractivity contribution in [2.45, 2.75) is 43.9 Å². The fourth-order valence-corrected chi connectivity index (χ4v) is 3.79. The predicted octanol–water partition coefficient (Wildman–Crippen LogP) is 3.25. The van der Waals surface area contributed by atoms with Crippen molar-refractivity contribution in [2.24, 2.45) is 0 Å². The molecule has 20 heavy (non-hydrogen) atoms. The van der Waals surface area contributed by atoms with Crippen LogP contribution >= 0.6 is 11.8 Å². The Hall–Kier alpha value is -1.00. The van der Waals surface area contributed by atoms with E-state index >= 15 is 0 Å². The minimum absolute atomic E-state index is 0.387. The van der Waals surface area contributed by atoms with Crippen LogP contribution in [0.25, 0.3) is 0 Å². The van der Waals surface area contributed by atoms with E-state index in [9.17, 15) is 4.79 Å². The Kier molecular flexibility index (Phi) is 5.11. The van der Waals surface area contributed by atoms with Gasteiger partial charge in [-0.1, -0.05) is 24.3 Å². The van der Waals surface area contributed by atoms with Gasteiger partial charge < -0.3 is 10.4 Å². The zero-order valence-corrected chi connectivity index (χ0v) is 13.0. The summed E-state index contributed by atoms with van der Waals surface area (Å²) >= 11 is 2.06. The number of hydrogen-bond acceptors (Lipinski definition) is 3. The molecule has 1 aliphatic rings. The molecule has 1 aromatic rings. The highest BCUT2D eigenvalue weighted by molar-refractivity contribution is 8.00. The molecule has 2 atom stereocenters. The summed E-state index contributed by atoms with van der Waals surface area (Å²) in [6.07, 6.45) is 2.62. The number of thioether (sulfide) groups is 1. The molecular formula is C16H23NO2S. The van der Waals surface area contributed by atoms with Gasteiger partial charge in [0, 0.05) is 17.8 Å². The molecule has 110 valence electrons. The molecule has 0 saturated carbocycles. The standard InChI is InChI=1S/C16H23NO2S/c1-12(15(18)19)14-6-4-13(5-7-14)10-17-11-16(2)8-3-9-20-16/h4-7,12,17H,3,8-11H2,1-2H3,(H,18,19). The molecule has 0 aliphatic carbocycles. The van der Waals surface area contributed by atoms with E-state index in [4.69, 9.17) is 5.11 Å². The van der Waals surface area contributed by atoms with Gasteiger partial charge in [-0.15, -0.1) is 0 Å². The summed E-state index contributed by atoms with van der Waals surface area (Å²) in [5, 5.41) is 12.5. The molecule has 1 heterocycles. The average Bonchev–Trinajstić information content (AvgIpc) is 2.85. The molecule has 1 aromatic carbocycles. The SMILES string of the molecule is CC(C(=O)O)c1ccc(CNCC2(C)CCCS2)cc1. The van der Waals surface area contributed by atoms with Crippen molar-refractivity contribution in [2.75, 3.05) is 12.3 Å². The lowest BCUT2D eigenvalue weighted by Gasteiger charge is -2.23. The maximum absolute atomic E-state index is 10.9. The lowest BCUT2D eigenvalue weighted by molar-refractivity contribution is -0.138. The predicted molar refractivity (Wildman–Crippen MR) is 84.3 cm³/mol. The third kappa shape index (κ3) is 4.00. The molecule has 3 nitrogen and oxygen atoms in total. The van der Waals surface area contributed by atoms with Crippen LogP contribution in [0.15, 0.2) is 24.3 Å². The van der Waals surface area contributed by atoms with Crippen LogP contribution in [0.1, 0.15) is 43.7 Å². The molecule has 0 spiro atoms. The van der Waals surface area contributed by atoms with Gasteiger partial charge in [-0.05, 0) is 43.6 Å². The number of carbonyl (C=O) groups is 1. The monoisotopic (exact) mass is 293 g/mol. The van der Waals surface area contributed by atoms with E-state index in [0.717, 1.165) is 18.7 Å². The number of nitrogens with one attached hydrogen (secondary N) is 1. The number of aliphatic carboxylic acids is 1. The topological polar surface area (TPSA) is 49.3 Å². The Morgan fingerprint density at radius 1 is 1.45 bits per heavy atom. The van der Waals surface area contributed by atoms with Gasteiger partial charge in [-0.25, -0.2) is 0 Å². The lowest BCUT2D eigenvalue weighted by Crippen LogP contribution is -2.32.